The number of methoxy groups -OCH3 is 1. The largest absolute Gasteiger partial charge is 0.495 e. The van der Waals surface area contributed by atoms with E-state index in [2.05, 4.69) is 21.6 Å². The van der Waals surface area contributed by atoms with Gasteiger partial charge >= 0.3 is 0 Å². The first-order chi connectivity index (χ1) is 12.3. The van der Waals surface area contributed by atoms with Gasteiger partial charge in [-0.3, -0.25) is 10.1 Å². The quantitative estimate of drug-likeness (QED) is 0.382. The predicted octanol–water partition coefficient (Wildman–Crippen LogP) is 0.909. The molecule has 0 radical (unpaired) electrons. The van der Waals surface area contributed by atoms with Gasteiger partial charge in [0.1, 0.15) is 10.6 Å². The Hall–Kier alpha value is -1.75. The van der Waals surface area contributed by atoms with Gasteiger partial charge in [0.05, 0.1) is 12.0 Å². The number of benzene rings is 1. The molecule has 9 nitrogen and oxygen atoms in total. The fourth-order valence-electron chi connectivity index (χ4n) is 2.81. The molecule has 2 rings (SSSR count). The van der Waals surface area contributed by atoms with Gasteiger partial charge in [0.15, 0.2) is 0 Å². The molecule has 0 saturated carbocycles. The Balaban J connectivity index is 1.86. The number of hydrogen-bond donors (Lipinski definition) is 1. The van der Waals surface area contributed by atoms with Crippen LogP contribution in [0.1, 0.15) is 12.8 Å². The first-order valence-electron chi connectivity index (χ1n) is 8.56. The lowest BCUT2D eigenvalue weighted by Crippen LogP contribution is -2.44. The molecule has 0 amide bonds. The van der Waals surface area contributed by atoms with Crippen LogP contribution in [0.5, 0.6) is 5.75 Å². The maximum Gasteiger partial charge on any atom is 0.271 e. The van der Waals surface area contributed by atoms with E-state index in [9.17, 15) is 18.5 Å². The van der Waals surface area contributed by atoms with Gasteiger partial charge in [0.2, 0.25) is 10.0 Å². The van der Waals surface area contributed by atoms with E-state index in [0.717, 1.165) is 45.2 Å². The number of nitrogens with one attached hydrogen (secondary N) is 1. The zero-order valence-corrected chi connectivity index (χ0v) is 16.0. The fraction of sp³-hybridized carbons (Fsp3) is 0.625. The summed E-state index contributed by atoms with van der Waals surface area (Å²) in [6.07, 6.45) is 1.58. The summed E-state index contributed by atoms with van der Waals surface area (Å²) in [5.41, 5.74) is -0.291. The molecule has 1 aliphatic heterocycles. The highest BCUT2D eigenvalue weighted by Crippen LogP contribution is 2.27. The molecule has 1 aliphatic rings. The van der Waals surface area contributed by atoms with Crippen molar-refractivity contribution in [3.05, 3.63) is 28.3 Å². The van der Waals surface area contributed by atoms with Crippen molar-refractivity contribution >= 4 is 15.7 Å². The van der Waals surface area contributed by atoms with Crippen molar-refractivity contribution < 1.29 is 18.1 Å². The molecule has 1 heterocycles. The highest BCUT2D eigenvalue weighted by atomic mass is 32.2. The zero-order chi connectivity index (χ0) is 19.2. The van der Waals surface area contributed by atoms with Gasteiger partial charge in [0.25, 0.3) is 5.69 Å². The van der Waals surface area contributed by atoms with Crippen LogP contribution in [0.15, 0.2) is 23.1 Å². The first kappa shape index (κ1) is 20.6. The number of non-ortho nitro benzene ring substituents is 1. The third kappa shape index (κ3) is 5.63. The van der Waals surface area contributed by atoms with Gasteiger partial charge in [-0.1, -0.05) is 0 Å². The second-order valence-corrected chi connectivity index (χ2v) is 8.08. The molecule has 1 saturated heterocycles. The molecule has 0 unspecified atom stereocenters. The van der Waals surface area contributed by atoms with Crippen molar-refractivity contribution in [2.75, 3.05) is 53.4 Å². The molecule has 26 heavy (non-hydrogen) atoms. The topological polar surface area (TPSA) is 105 Å². The lowest BCUT2D eigenvalue weighted by atomic mass is 10.2. The molecule has 1 aromatic rings. The van der Waals surface area contributed by atoms with Gasteiger partial charge in [-0.15, -0.1) is 0 Å². The van der Waals surface area contributed by atoms with E-state index in [1.807, 2.05) is 0 Å². The molecule has 1 N–H and O–H groups in total. The number of piperazine rings is 1. The van der Waals surface area contributed by atoms with Crippen LogP contribution >= 0.6 is 0 Å². The lowest BCUT2D eigenvalue weighted by molar-refractivity contribution is -0.385. The average Bonchev–Trinajstić information content (AvgIpc) is 2.62. The van der Waals surface area contributed by atoms with Gasteiger partial charge in [-0.2, -0.15) is 0 Å². The minimum Gasteiger partial charge on any atom is -0.495 e. The standard InChI is InChI=1S/C16H26N4O5S/c1-18-9-11-19(12-10-18)8-4-3-7-17-26(23,24)16-13-14(20(21)22)5-6-15(16)25-2/h5-6,13,17H,3-4,7-12H2,1-2H3. The highest BCUT2D eigenvalue weighted by molar-refractivity contribution is 7.89. The van der Waals surface area contributed by atoms with Gasteiger partial charge in [0, 0.05) is 44.9 Å². The van der Waals surface area contributed by atoms with E-state index in [1.165, 1.54) is 19.2 Å². The van der Waals surface area contributed by atoms with Crippen molar-refractivity contribution in [3.8, 4) is 5.75 Å². The summed E-state index contributed by atoms with van der Waals surface area (Å²) >= 11 is 0. The smallest absolute Gasteiger partial charge is 0.271 e. The average molecular weight is 386 g/mol. The van der Waals surface area contributed by atoms with Crippen molar-refractivity contribution in [3.63, 3.8) is 0 Å². The third-order valence-corrected chi connectivity index (χ3v) is 5.92. The number of rotatable bonds is 9. The Morgan fingerprint density at radius 2 is 1.92 bits per heavy atom. The Morgan fingerprint density at radius 1 is 1.23 bits per heavy atom. The number of ether oxygens (including phenoxy) is 1. The molecule has 10 heteroatoms. The lowest BCUT2D eigenvalue weighted by Gasteiger charge is -2.32. The second kappa shape index (κ2) is 9.26. The molecule has 146 valence electrons. The number of hydrogen-bond acceptors (Lipinski definition) is 7. The molecule has 0 bridgehead atoms. The molecule has 1 fully saturated rings. The number of sulfonamides is 1. The summed E-state index contributed by atoms with van der Waals surface area (Å²) in [6.45, 7) is 5.40. The van der Waals surface area contributed by atoms with E-state index < -0.39 is 14.9 Å². The van der Waals surface area contributed by atoms with Crippen molar-refractivity contribution in [1.82, 2.24) is 14.5 Å². The zero-order valence-electron chi connectivity index (χ0n) is 15.2. The number of nitrogens with zero attached hydrogens (tertiary/aromatic N) is 3. The maximum absolute atomic E-state index is 12.5. The minimum absolute atomic E-state index is 0.0838. The van der Waals surface area contributed by atoms with Crippen LogP contribution in [-0.2, 0) is 10.0 Å². The highest BCUT2D eigenvalue weighted by Gasteiger charge is 2.22. The Labute approximate surface area is 154 Å². The molecule has 0 spiro atoms. The summed E-state index contributed by atoms with van der Waals surface area (Å²) in [5.74, 6) is 0.0838. The van der Waals surface area contributed by atoms with Gasteiger partial charge < -0.3 is 14.5 Å². The fourth-order valence-corrected chi connectivity index (χ4v) is 4.07. The summed E-state index contributed by atoms with van der Waals surface area (Å²) in [7, 11) is -0.436. The number of likely N-dealkylation sites (N-methyl/N-ethyl adjacent to an activating group) is 1. The van der Waals surface area contributed by atoms with E-state index >= 15 is 0 Å². The van der Waals surface area contributed by atoms with Crippen molar-refractivity contribution in [2.24, 2.45) is 0 Å². The summed E-state index contributed by atoms with van der Waals surface area (Å²) < 4.78 is 32.4. The molecule has 0 aliphatic carbocycles. The molecular weight excluding hydrogens is 360 g/mol. The van der Waals surface area contributed by atoms with Crippen LogP contribution < -0.4 is 9.46 Å². The number of unbranched alkanes of at least 4 members (excludes halogenated alkanes) is 1. The summed E-state index contributed by atoms with van der Waals surface area (Å²) in [6, 6.07) is 3.53. The van der Waals surface area contributed by atoms with Crippen LogP contribution in [0.2, 0.25) is 0 Å². The SMILES string of the molecule is COc1ccc([N+](=O)[O-])cc1S(=O)(=O)NCCCCN1CCN(C)CC1. The van der Waals surface area contributed by atoms with Crippen molar-refractivity contribution in [2.45, 2.75) is 17.7 Å². The van der Waals surface area contributed by atoms with Crippen LogP contribution in [0, 0.1) is 10.1 Å². The van der Waals surface area contributed by atoms with E-state index in [4.69, 9.17) is 4.74 Å². The van der Waals surface area contributed by atoms with E-state index in [-0.39, 0.29) is 22.9 Å². The minimum atomic E-state index is -3.87. The Kier molecular flexibility index (Phi) is 7.33. The normalized spacial score (nSPS) is 16.5. The van der Waals surface area contributed by atoms with Gasteiger partial charge in [-0.05, 0) is 32.5 Å². The summed E-state index contributed by atoms with van der Waals surface area (Å²) in [5, 5.41) is 10.9. The maximum atomic E-state index is 12.5. The van der Waals surface area contributed by atoms with E-state index in [0.29, 0.717) is 6.42 Å². The van der Waals surface area contributed by atoms with Crippen LogP contribution in [-0.4, -0.2) is 76.6 Å². The summed E-state index contributed by atoms with van der Waals surface area (Å²) in [4.78, 5) is 14.7. The molecule has 1 aromatic carbocycles. The number of nitro benzene ring substituents is 1. The van der Waals surface area contributed by atoms with Crippen LogP contribution in [0.25, 0.3) is 0 Å². The Morgan fingerprint density at radius 3 is 2.54 bits per heavy atom. The van der Waals surface area contributed by atoms with Crippen molar-refractivity contribution in [1.29, 1.82) is 0 Å². The second-order valence-electron chi connectivity index (χ2n) is 6.34. The van der Waals surface area contributed by atoms with E-state index in [1.54, 1.807) is 0 Å². The third-order valence-electron chi connectivity index (χ3n) is 4.44. The predicted molar refractivity (Wildman–Crippen MR) is 98.0 cm³/mol. The van der Waals surface area contributed by atoms with Gasteiger partial charge in [-0.25, -0.2) is 13.1 Å². The first-order valence-corrected chi connectivity index (χ1v) is 10.0. The molecule has 0 atom stereocenters. The molecule has 0 aromatic heterocycles. The van der Waals surface area contributed by atoms with Crippen LogP contribution in [0.3, 0.4) is 0 Å². The Bertz CT molecular complexity index is 717. The molecular formula is C16H26N4O5S. The van der Waals surface area contributed by atoms with Crippen LogP contribution in [0.4, 0.5) is 5.69 Å². The number of nitro groups is 1. The monoisotopic (exact) mass is 386 g/mol.